The van der Waals surface area contributed by atoms with E-state index < -0.39 is 24.0 Å². The van der Waals surface area contributed by atoms with Crippen LogP contribution < -0.4 is 47.4 Å². The number of hydroxylamine groups is 1. The number of carbonyl (C=O) groups excluding carboxylic acids is 4. The number of hydrogen-bond acceptors (Lipinski definition) is 18. The Balaban J connectivity index is 0.000000626. The zero-order valence-electron chi connectivity index (χ0n) is 34.1. The largest absolute Gasteiger partial charge is 0.464 e. The molecule has 0 heterocycles. The van der Waals surface area contributed by atoms with Gasteiger partial charge in [0.2, 0.25) is 0 Å². The van der Waals surface area contributed by atoms with Crippen LogP contribution in [-0.4, -0.2) is 63.0 Å². The van der Waals surface area contributed by atoms with Crippen molar-refractivity contribution in [3.63, 3.8) is 0 Å². The second-order valence-electron chi connectivity index (χ2n) is 12.2. The lowest BCUT2D eigenvalue weighted by atomic mass is 10.1. The minimum Gasteiger partial charge on any atom is -0.464 e. The second kappa shape index (κ2) is 30.2. The third-order valence-corrected chi connectivity index (χ3v) is 6.71. The molecule has 0 spiro atoms. The normalized spacial score (nSPS) is 9.31. The topological polar surface area (TPSA) is 267 Å². The molecule has 18 heteroatoms. The monoisotopic (exact) mass is 843 g/mol. The Morgan fingerprint density at radius 3 is 1.36 bits per heavy atom. The summed E-state index contributed by atoms with van der Waals surface area (Å²) in [5.41, 5.74) is 25.7. The number of ether oxygens (including phenoxy) is 8. The van der Waals surface area contributed by atoms with Gasteiger partial charge in [0.25, 0.3) is 0 Å². The van der Waals surface area contributed by atoms with Crippen LogP contribution in [0, 0.1) is 48.6 Å². The predicted octanol–water partition coefficient (Wildman–Crippen LogP) is 2.05. The fourth-order valence-electron chi connectivity index (χ4n) is 4.10. The molecule has 0 aliphatic carbocycles. The van der Waals surface area contributed by atoms with Crippen LogP contribution >= 0.6 is 0 Å². The quantitative estimate of drug-likeness (QED) is 0.0157. The lowest BCUT2D eigenvalue weighted by Crippen LogP contribution is -2.31. The fourth-order valence-corrected chi connectivity index (χ4v) is 4.10. The van der Waals surface area contributed by atoms with Gasteiger partial charge in [0.05, 0.1) is 13.2 Å². The lowest BCUT2D eigenvalue weighted by Gasteiger charge is -2.18. The van der Waals surface area contributed by atoms with E-state index in [1.807, 2.05) is 6.92 Å². The predicted molar refractivity (Wildman–Crippen MR) is 221 cm³/mol. The molecule has 0 saturated heterocycles. The Morgan fingerprint density at radius 1 is 0.607 bits per heavy atom. The van der Waals surface area contributed by atoms with Crippen LogP contribution in [0.2, 0.25) is 0 Å². The van der Waals surface area contributed by atoms with Gasteiger partial charge in [-0.05, 0) is 69.0 Å². The Hall–Kier alpha value is -7.90. The summed E-state index contributed by atoms with van der Waals surface area (Å²) >= 11 is 0. The van der Waals surface area contributed by atoms with Crippen LogP contribution in [0.1, 0.15) is 44.7 Å². The molecule has 61 heavy (non-hydrogen) atoms. The molecule has 2 rings (SSSR count). The summed E-state index contributed by atoms with van der Waals surface area (Å²) in [6, 6.07) is 18.3. The van der Waals surface area contributed by atoms with Gasteiger partial charge in [-0.1, -0.05) is 25.3 Å². The van der Waals surface area contributed by atoms with Gasteiger partial charge in [0.15, 0.2) is 6.10 Å². The Kier molecular flexibility index (Phi) is 25.3. The summed E-state index contributed by atoms with van der Waals surface area (Å²) < 4.78 is 41.1. The number of rotatable bonds is 23. The number of benzene rings is 2. The molecule has 0 radical (unpaired) electrons. The summed E-state index contributed by atoms with van der Waals surface area (Å²) in [4.78, 5) is 52.7. The number of nitrogens with one attached hydrogen (secondary N) is 1. The molecule has 9 N–H and O–H groups in total. The average molecular weight is 844 g/mol. The summed E-state index contributed by atoms with van der Waals surface area (Å²) in [5.74, 6) is -0.856. The molecule has 0 saturated carbocycles. The Morgan fingerprint density at radius 2 is 1.00 bits per heavy atom. The minimum atomic E-state index is -1.02. The van der Waals surface area contributed by atoms with Crippen LogP contribution in [0.25, 0.3) is 0 Å². The van der Waals surface area contributed by atoms with Crippen molar-refractivity contribution in [2.24, 2.45) is 22.9 Å². The van der Waals surface area contributed by atoms with E-state index >= 15 is 0 Å². The molecule has 0 bridgehead atoms. The summed E-state index contributed by atoms with van der Waals surface area (Å²) in [7, 11) is 0. The maximum Gasteiger partial charge on any atom is 0.333 e. The highest BCUT2D eigenvalue weighted by molar-refractivity contribution is 5.87. The van der Waals surface area contributed by atoms with E-state index in [4.69, 9.17) is 65.7 Å². The molecule has 0 amide bonds. The minimum absolute atomic E-state index is 0.0621. The number of esters is 4. The second-order valence-corrected chi connectivity index (χ2v) is 12.2. The van der Waals surface area contributed by atoms with Crippen LogP contribution in [0.15, 0.2) is 72.9 Å². The first-order chi connectivity index (χ1) is 29.2. The van der Waals surface area contributed by atoms with Gasteiger partial charge < -0.3 is 60.8 Å². The standard InChI is InChI=1S/C24H26N2O8.C19H23N3O5/c1-16(2)23(28)32-14-21(15-33-24(29)17(3)4)34-22(27)6-5-18-11-19(30-9-7-25)13-20(12-18)31-10-8-26;1-15(2)14-27-22-7-10-26-19(23)4-3-16-11-17(24-8-5-20)13-18(12-16)25-9-6-21/h11-13,21H,1,3,5-6,14-15,25-26H2,2,4H3;11-13,22H,1,3-4,7,10,14,20-21H2,2H3. The van der Waals surface area contributed by atoms with E-state index in [2.05, 4.69) is 73.8 Å². The third kappa shape index (κ3) is 24.5. The average Bonchev–Trinajstić information content (AvgIpc) is 3.23. The van der Waals surface area contributed by atoms with Crippen LogP contribution in [0.5, 0.6) is 23.0 Å². The Labute approximate surface area is 354 Å². The smallest absolute Gasteiger partial charge is 0.333 e. The summed E-state index contributed by atoms with van der Waals surface area (Å²) in [5, 5.41) is 0. The van der Waals surface area contributed by atoms with Crippen LogP contribution in [0.4, 0.5) is 0 Å². The van der Waals surface area contributed by atoms with E-state index in [0.29, 0.717) is 48.1 Å². The zero-order chi connectivity index (χ0) is 45.4. The molecule has 0 aliphatic rings. The molecule has 0 atom stereocenters. The SMILES string of the molecule is C=C(C)C(=O)OCC(COC(=O)C(=C)C)OC(=O)CCc1cc(OC#CN)cc(OC#CN)c1.C=C(C)CONCCOC(=O)CCc1cc(OC#CN)cc(OC#CN)c1. The molecule has 0 aliphatic heterocycles. The zero-order valence-corrected chi connectivity index (χ0v) is 34.1. The van der Waals surface area contributed by atoms with E-state index in [1.54, 1.807) is 30.3 Å². The highest BCUT2D eigenvalue weighted by Crippen LogP contribution is 2.25. The van der Waals surface area contributed by atoms with Gasteiger partial charge in [-0.2, -0.15) is 5.48 Å². The number of aryl methyl sites for hydroxylation is 2. The molecule has 0 unspecified atom stereocenters. The van der Waals surface area contributed by atoms with Crippen molar-refractivity contribution in [2.75, 3.05) is 33.0 Å². The molecule has 2 aromatic rings. The van der Waals surface area contributed by atoms with Gasteiger partial charge >= 0.3 is 23.9 Å². The molecular weight excluding hydrogens is 794 g/mol. The molecule has 0 aromatic heterocycles. The number of carbonyl (C=O) groups is 4. The van der Waals surface area contributed by atoms with Gasteiger partial charge in [0.1, 0.15) is 67.2 Å². The van der Waals surface area contributed by atoms with Gasteiger partial charge in [-0.15, -0.1) is 0 Å². The van der Waals surface area contributed by atoms with E-state index in [-0.39, 0.29) is 56.2 Å². The fraction of sp³-hybridized carbons (Fsp3) is 0.302. The molecule has 0 fully saturated rings. The number of nitrogens with two attached hydrogens (primary N) is 4. The summed E-state index contributed by atoms with van der Waals surface area (Å²) in [6.45, 7) is 15.8. The molecule has 324 valence electrons. The third-order valence-electron chi connectivity index (χ3n) is 6.71. The van der Waals surface area contributed by atoms with E-state index in [0.717, 1.165) is 11.1 Å². The van der Waals surface area contributed by atoms with E-state index in [9.17, 15) is 19.2 Å². The highest BCUT2D eigenvalue weighted by atomic mass is 16.6. The Bertz CT molecular complexity index is 2000. The molecule has 18 nitrogen and oxygen atoms in total. The van der Waals surface area contributed by atoms with Crippen molar-refractivity contribution in [3.8, 4) is 71.6 Å². The van der Waals surface area contributed by atoms with Crippen LogP contribution in [0.3, 0.4) is 0 Å². The highest BCUT2D eigenvalue weighted by Gasteiger charge is 2.20. The maximum atomic E-state index is 12.4. The van der Waals surface area contributed by atoms with Gasteiger partial charge in [-0.3, -0.25) is 14.4 Å². The maximum absolute atomic E-state index is 12.4. The van der Waals surface area contributed by atoms with Gasteiger partial charge in [-0.25, -0.2) is 9.59 Å². The first kappa shape index (κ1) is 51.1. The molecular formula is C43H49N5O13. The summed E-state index contributed by atoms with van der Waals surface area (Å²) in [6.07, 6.45) is 8.82. The van der Waals surface area contributed by atoms with Crippen molar-refractivity contribution in [2.45, 2.75) is 52.6 Å². The van der Waals surface area contributed by atoms with Crippen molar-refractivity contribution in [3.05, 3.63) is 84.0 Å². The number of hydrogen-bond donors (Lipinski definition) is 5. The molecule has 2 aromatic carbocycles. The van der Waals surface area contributed by atoms with Crippen molar-refractivity contribution < 1.29 is 61.9 Å². The van der Waals surface area contributed by atoms with E-state index in [1.165, 1.54) is 19.9 Å². The van der Waals surface area contributed by atoms with Crippen molar-refractivity contribution in [1.29, 1.82) is 0 Å². The van der Waals surface area contributed by atoms with Gasteiger partial charge in [0, 0.05) is 60.3 Å². The van der Waals surface area contributed by atoms with Crippen LogP contribution in [-0.2, 0) is 55.8 Å². The lowest BCUT2D eigenvalue weighted by molar-refractivity contribution is -0.164. The first-order valence-corrected chi connectivity index (χ1v) is 18.0. The van der Waals surface area contributed by atoms with Crippen molar-refractivity contribution >= 4 is 23.9 Å². The first-order valence-electron chi connectivity index (χ1n) is 18.0. The van der Waals surface area contributed by atoms with Crippen molar-refractivity contribution in [1.82, 2.24) is 5.48 Å².